The molecule has 0 atom stereocenters. The van der Waals surface area contributed by atoms with Crippen LogP contribution in [0.2, 0.25) is 0 Å². The summed E-state index contributed by atoms with van der Waals surface area (Å²) in [7, 11) is 0. The third kappa shape index (κ3) is 5.84. The molecule has 0 spiro atoms. The van der Waals surface area contributed by atoms with Crippen molar-refractivity contribution >= 4 is 33.4 Å². The van der Waals surface area contributed by atoms with Crippen LogP contribution in [0.15, 0.2) is 77.3 Å². The van der Waals surface area contributed by atoms with E-state index in [1.54, 1.807) is 12.1 Å². The fraction of sp³-hybridized carbons (Fsp3) is 0.231. The average Bonchev–Trinajstić information content (AvgIpc) is 3.65. The minimum absolute atomic E-state index is 0.149. The highest BCUT2D eigenvalue weighted by Gasteiger charge is 2.33. The van der Waals surface area contributed by atoms with E-state index in [0.717, 1.165) is 39.7 Å². The number of amides is 2. The molecule has 1 fully saturated rings. The summed E-state index contributed by atoms with van der Waals surface area (Å²) in [5.74, 6) is 0.191. The smallest absolute Gasteiger partial charge is 0.255 e. The minimum Gasteiger partial charge on any atom is -0.334 e. The fourth-order valence-corrected chi connectivity index (χ4v) is 4.02. The maximum Gasteiger partial charge on any atom is 0.255 e. The third-order valence-corrected chi connectivity index (χ3v) is 6.00. The SMILES string of the molecule is NCc1cccc(CN(Cc2ccc(NC(=O)c3cccc(Br)c3)cc2)C(=O)C2CC2)c1. The van der Waals surface area contributed by atoms with E-state index >= 15 is 0 Å². The van der Waals surface area contributed by atoms with Crippen molar-refractivity contribution in [2.75, 3.05) is 5.32 Å². The van der Waals surface area contributed by atoms with E-state index < -0.39 is 0 Å². The Labute approximate surface area is 196 Å². The van der Waals surface area contributed by atoms with Gasteiger partial charge in [-0.1, -0.05) is 58.4 Å². The summed E-state index contributed by atoms with van der Waals surface area (Å²) in [5, 5.41) is 2.92. The van der Waals surface area contributed by atoms with Crippen LogP contribution in [0.4, 0.5) is 5.69 Å². The lowest BCUT2D eigenvalue weighted by Gasteiger charge is -2.23. The third-order valence-electron chi connectivity index (χ3n) is 5.51. The van der Waals surface area contributed by atoms with Gasteiger partial charge in [0.1, 0.15) is 0 Å². The molecule has 3 N–H and O–H groups in total. The Morgan fingerprint density at radius 2 is 1.59 bits per heavy atom. The number of nitrogens with zero attached hydrogens (tertiary/aromatic N) is 1. The van der Waals surface area contributed by atoms with Gasteiger partial charge in [-0.3, -0.25) is 9.59 Å². The number of carbonyl (C=O) groups is 2. The molecule has 1 saturated carbocycles. The van der Waals surface area contributed by atoms with Crippen molar-refractivity contribution in [2.45, 2.75) is 32.5 Å². The van der Waals surface area contributed by atoms with Gasteiger partial charge in [0.15, 0.2) is 0 Å². The molecule has 0 heterocycles. The molecule has 5 nitrogen and oxygen atoms in total. The molecule has 0 bridgehead atoms. The molecular formula is C26H26BrN3O2. The predicted molar refractivity (Wildman–Crippen MR) is 130 cm³/mol. The highest BCUT2D eigenvalue weighted by atomic mass is 79.9. The van der Waals surface area contributed by atoms with Gasteiger partial charge in [-0.2, -0.15) is 0 Å². The standard InChI is InChI=1S/C26H26BrN3O2/c27-23-6-2-5-22(14-23)25(31)29-24-11-7-18(8-12-24)16-30(26(32)21-9-10-21)17-20-4-1-3-19(13-20)15-28/h1-8,11-14,21H,9-10,15-17,28H2,(H,29,31). The van der Waals surface area contributed by atoms with Crippen molar-refractivity contribution in [2.24, 2.45) is 11.7 Å². The van der Waals surface area contributed by atoms with Gasteiger partial charge in [0.05, 0.1) is 0 Å². The second kappa shape index (κ2) is 10.1. The number of hydrogen-bond acceptors (Lipinski definition) is 3. The van der Waals surface area contributed by atoms with Crippen molar-refractivity contribution in [1.29, 1.82) is 0 Å². The van der Waals surface area contributed by atoms with Gasteiger partial charge >= 0.3 is 0 Å². The van der Waals surface area contributed by atoms with Crippen molar-refractivity contribution < 1.29 is 9.59 Å². The van der Waals surface area contributed by atoms with E-state index in [-0.39, 0.29) is 17.7 Å². The summed E-state index contributed by atoms with van der Waals surface area (Å²) in [5.41, 5.74) is 10.2. The number of carbonyl (C=O) groups excluding carboxylic acids is 2. The molecule has 4 rings (SSSR count). The van der Waals surface area contributed by atoms with Crippen LogP contribution in [-0.4, -0.2) is 16.7 Å². The lowest BCUT2D eigenvalue weighted by Crippen LogP contribution is -2.31. The summed E-state index contributed by atoms with van der Waals surface area (Å²) in [6.07, 6.45) is 1.94. The van der Waals surface area contributed by atoms with E-state index in [1.807, 2.05) is 59.5 Å². The van der Waals surface area contributed by atoms with Gasteiger partial charge < -0.3 is 16.0 Å². The van der Waals surface area contributed by atoms with E-state index in [2.05, 4.69) is 27.3 Å². The van der Waals surface area contributed by atoms with Gasteiger partial charge in [0.25, 0.3) is 5.91 Å². The van der Waals surface area contributed by atoms with Crippen LogP contribution in [0.1, 0.15) is 39.9 Å². The monoisotopic (exact) mass is 491 g/mol. The Morgan fingerprint density at radius 1 is 0.906 bits per heavy atom. The number of nitrogens with two attached hydrogens (primary N) is 1. The number of halogens is 1. The molecule has 3 aromatic rings. The van der Waals surface area contributed by atoms with Crippen LogP contribution in [0.3, 0.4) is 0 Å². The molecule has 0 unspecified atom stereocenters. The second-order valence-corrected chi connectivity index (χ2v) is 9.07. The molecule has 0 saturated heterocycles. The summed E-state index contributed by atoms with van der Waals surface area (Å²) >= 11 is 3.39. The van der Waals surface area contributed by atoms with Gasteiger partial charge in [-0.25, -0.2) is 0 Å². The number of nitrogens with one attached hydrogen (secondary N) is 1. The lowest BCUT2D eigenvalue weighted by molar-refractivity contribution is -0.133. The second-order valence-electron chi connectivity index (χ2n) is 8.15. The van der Waals surface area contributed by atoms with Gasteiger partial charge in [-0.15, -0.1) is 0 Å². The van der Waals surface area contributed by atoms with Crippen LogP contribution < -0.4 is 11.1 Å². The predicted octanol–water partition coefficient (Wildman–Crippen LogP) is 5.10. The molecule has 1 aliphatic rings. The molecule has 2 amide bonds. The molecular weight excluding hydrogens is 466 g/mol. The number of anilines is 1. The summed E-state index contributed by atoms with van der Waals surface area (Å²) in [6.45, 7) is 1.57. The van der Waals surface area contributed by atoms with Crippen LogP contribution in [0.25, 0.3) is 0 Å². The van der Waals surface area contributed by atoms with Crippen molar-refractivity contribution in [3.05, 3.63) is 99.5 Å². The summed E-state index contributed by atoms with van der Waals surface area (Å²) < 4.78 is 0.859. The highest BCUT2D eigenvalue weighted by Crippen LogP contribution is 2.32. The largest absolute Gasteiger partial charge is 0.334 e. The molecule has 1 aliphatic carbocycles. The van der Waals surface area contributed by atoms with Crippen molar-refractivity contribution in [3.8, 4) is 0 Å². The molecule has 164 valence electrons. The zero-order chi connectivity index (χ0) is 22.5. The van der Waals surface area contributed by atoms with Crippen LogP contribution in [0.5, 0.6) is 0 Å². The maximum absolute atomic E-state index is 12.9. The lowest BCUT2D eigenvalue weighted by atomic mass is 10.1. The van der Waals surface area contributed by atoms with Gasteiger partial charge in [-0.05, 0) is 59.9 Å². The van der Waals surface area contributed by atoms with E-state index in [1.165, 1.54) is 0 Å². The summed E-state index contributed by atoms with van der Waals surface area (Å²) in [4.78, 5) is 27.3. The maximum atomic E-state index is 12.9. The Kier molecular flexibility index (Phi) is 7.02. The minimum atomic E-state index is -0.163. The van der Waals surface area contributed by atoms with Crippen molar-refractivity contribution in [1.82, 2.24) is 4.90 Å². The molecule has 0 aliphatic heterocycles. The van der Waals surface area contributed by atoms with E-state index in [9.17, 15) is 9.59 Å². The first-order valence-electron chi connectivity index (χ1n) is 10.7. The Balaban J connectivity index is 1.44. The van der Waals surface area contributed by atoms with Crippen LogP contribution in [0, 0.1) is 5.92 Å². The van der Waals surface area contributed by atoms with Crippen molar-refractivity contribution in [3.63, 3.8) is 0 Å². The first-order valence-corrected chi connectivity index (χ1v) is 11.5. The zero-order valence-corrected chi connectivity index (χ0v) is 19.3. The molecule has 3 aromatic carbocycles. The molecule has 0 radical (unpaired) electrons. The zero-order valence-electron chi connectivity index (χ0n) is 17.8. The number of rotatable bonds is 8. The summed E-state index contributed by atoms with van der Waals surface area (Å²) in [6, 6.07) is 23.0. The highest BCUT2D eigenvalue weighted by molar-refractivity contribution is 9.10. The van der Waals surface area contributed by atoms with Gasteiger partial charge in [0, 0.05) is 41.3 Å². The Bertz CT molecular complexity index is 1110. The number of hydrogen-bond donors (Lipinski definition) is 2. The first kappa shape index (κ1) is 22.2. The Hall–Kier alpha value is -2.96. The van der Waals surface area contributed by atoms with E-state index in [4.69, 9.17) is 5.73 Å². The topological polar surface area (TPSA) is 75.4 Å². The molecule has 0 aromatic heterocycles. The van der Waals surface area contributed by atoms with Gasteiger partial charge in [0.2, 0.25) is 5.91 Å². The van der Waals surface area contributed by atoms with Crippen LogP contribution >= 0.6 is 15.9 Å². The first-order chi connectivity index (χ1) is 15.5. The Morgan fingerprint density at radius 3 is 2.28 bits per heavy atom. The quantitative estimate of drug-likeness (QED) is 0.460. The normalized spacial score (nSPS) is 12.9. The number of benzene rings is 3. The molecule has 32 heavy (non-hydrogen) atoms. The fourth-order valence-electron chi connectivity index (χ4n) is 3.62. The van der Waals surface area contributed by atoms with E-state index in [0.29, 0.717) is 25.2 Å². The molecule has 6 heteroatoms. The van der Waals surface area contributed by atoms with Crippen LogP contribution in [-0.2, 0) is 24.4 Å². The average molecular weight is 492 g/mol.